The van der Waals surface area contributed by atoms with E-state index in [4.69, 9.17) is 18.8 Å². The van der Waals surface area contributed by atoms with E-state index in [2.05, 4.69) is 0 Å². The summed E-state index contributed by atoms with van der Waals surface area (Å²) in [6.07, 6.45) is 1.16. The van der Waals surface area contributed by atoms with E-state index in [0.29, 0.717) is 5.56 Å². The normalized spacial score (nSPS) is 24.8. The predicted molar refractivity (Wildman–Crippen MR) is 111 cm³/mol. The van der Waals surface area contributed by atoms with Crippen LogP contribution in [-0.4, -0.2) is 41.6 Å². The third kappa shape index (κ3) is 3.86. The van der Waals surface area contributed by atoms with Gasteiger partial charge >= 0.3 is 13.1 Å². The van der Waals surface area contributed by atoms with Gasteiger partial charge in [0.05, 0.1) is 24.2 Å². The number of hydrogen-bond donors (Lipinski definition) is 1. The highest BCUT2D eigenvalue weighted by Crippen LogP contribution is 2.45. The molecule has 0 amide bonds. The number of carbonyl (C=O) groups is 1. The number of rotatable bonds is 6. The Bertz CT molecular complexity index is 891. The molecule has 6 nitrogen and oxygen atoms in total. The van der Waals surface area contributed by atoms with Gasteiger partial charge in [-0.15, -0.1) is 0 Å². The second-order valence-corrected chi connectivity index (χ2v) is 8.61. The van der Waals surface area contributed by atoms with E-state index in [1.165, 1.54) is 13.0 Å². The zero-order valence-corrected chi connectivity index (χ0v) is 18.2. The van der Waals surface area contributed by atoms with Gasteiger partial charge in [0, 0.05) is 11.0 Å². The molecule has 162 valence electrons. The molecule has 0 radical (unpaired) electrons. The number of ether oxygens (including phenoxy) is 2. The number of aliphatic hydroxyl groups excluding tert-OH is 1. The molecular formula is C22H28BFO6. The van der Waals surface area contributed by atoms with Crippen LogP contribution in [0.1, 0.15) is 47.1 Å². The van der Waals surface area contributed by atoms with Crippen molar-refractivity contribution in [2.45, 2.75) is 64.8 Å². The molecule has 0 bridgehead atoms. The van der Waals surface area contributed by atoms with Gasteiger partial charge in [-0.2, -0.15) is 0 Å². The molecule has 30 heavy (non-hydrogen) atoms. The zero-order chi connectivity index (χ0) is 22.3. The fourth-order valence-corrected chi connectivity index (χ4v) is 3.31. The number of carbonyl (C=O) groups excluding carboxylic acids is 1. The Labute approximate surface area is 176 Å². The van der Waals surface area contributed by atoms with Gasteiger partial charge in [0.1, 0.15) is 11.5 Å². The molecule has 8 heteroatoms. The molecule has 3 rings (SSSR count). The van der Waals surface area contributed by atoms with Gasteiger partial charge in [-0.1, -0.05) is 18.2 Å². The average Bonchev–Trinajstić information content (AvgIpc) is 3.00. The van der Waals surface area contributed by atoms with Crippen LogP contribution < -0.4 is 4.74 Å². The first-order chi connectivity index (χ1) is 13.9. The molecule has 1 aromatic rings. The second-order valence-electron chi connectivity index (χ2n) is 8.61. The molecule has 1 unspecified atom stereocenters. The lowest BCUT2D eigenvalue weighted by Gasteiger charge is -2.32. The minimum atomic E-state index is -1.76. The molecule has 0 spiro atoms. The first-order valence-corrected chi connectivity index (χ1v) is 10.0. The topological polar surface area (TPSA) is 74.2 Å². The summed E-state index contributed by atoms with van der Waals surface area (Å²) in [7, 11) is -0.930. The van der Waals surface area contributed by atoms with Crippen molar-refractivity contribution in [1.29, 1.82) is 0 Å². The zero-order valence-electron chi connectivity index (χ0n) is 18.2. The van der Waals surface area contributed by atoms with Crippen LogP contribution in [0.5, 0.6) is 5.75 Å². The molecular weight excluding hydrogens is 390 g/mol. The van der Waals surface area contributed by atoms with Crippen molar-refractivity contribution >= 4 is 13.1 Å². The van der Waals surface area contributed by atoms with Crippen molar-refractivity contribution < 1.29 is 33.1 Å². The number of benzene rings is 1. The van der Waals surface area contributed by atoms with Gasteiger partial charge in [0.25, 0.3) is 0 Å². The number of esters is 1. The Morgan fingerprint density at radius 1 is 1.13 bits per heavy atom. The van der Waals surface area contributed by atoms with E-state index in [-0.39, 0.29) is 30.0 Å². The van der Waals surface area contributed by atoms with Crippen molar-refractivity contribution in [2.24, 2.45) is 0 Å². The first-order valence-electron chi connectivity index (χ1n) is 10.0. The smallest absolute Gasteiger partial charge is 0.498 e. The number of para-hydroxylation sites is 1. The van der Waals surface area contributed by atoms with Gasteiger partial charge in [-0.05, 0) is 53.7 Å². The third-order valence-electron chi connectivity index (χ3n) is 5.90. The Morgan fingerprint density at radius 3 is 2.33 bits per heavy atom. The first kappa shape index (κ1) is 22.4. The summed E-state index contributed by atoms with van der Waals surface area (Å²) >= 11 is 0. The van der Waals surface area contributed by atoms with Gasteiger partial charge in [-0.3, -0.25) is 4.79 Å². The lowest BCUT2D eigenvalue weighted by molar-refractivity contribution is -0.142. The van der Waals surface area contributed by atoms with Crippen LogP contribution in [0, 0.1) is 0 Å². The van der Waals surface area contributed by atoms with Crippen molar-refractivity contribution in [3.05, 3.63) is 53.0 Å². The number of aliphatic hydroxyl groups is 1. The van der Waals surface area contributed by atoms with Crippen LogP contribution in [0.4, 0.5) is 4.39 Å². The lowest BCUT2D eigenvalue weighted by atomic mass is 9.78. The molecule has 0 aromatic heterocycles. The molecule has 1 fully saturated rings. The van der Waals surface area contributed by atoms with Crippen LogP contribution in [-0.2, 0) is 25.3 Å². The van der Waals surface area contributed by atoms with Crippen LogP contribution in [0.3, 0.4) is 0 Å². The van der Waals surface area contributed by atoms with E-state index in [0.717, 1.165) is 0 Å². The molecule has 1 atom stereocenters. The third-order valence-corrected chi connectivity index (χ3v) is 5.90. The molecule has 0 saturated carbocycles. The summed E-state index contributed by atoms with van der Waals surface area (Å²) in [4.78, 5) is 11.9. The largest absolute Gasteiger partial charge is 0.508 e. The highest BCUT2D eigenvalue weighted by atomic mass is 19.1. The maximum atomic E-state index is 15.0. The number of halogens is 1. The molecule has 1 aliphatic heterocycles. The molecule has 1 N–H and O–H groups in total. The minimum Gasteiger partial charge on any atom is -0.508 e. The van der Waals surface area contributed by atoms with E-state index >= 15 is 4.39 Å². The summed E-state index contributed by atoms with van der Waals surface area (Å²) in [5, 5.41) is 10.9. The fourth-order valence-electron chi connectivity index (χ4n) is 3.31. The Kier molecular flexibility index (Phi) is 5.77. The summed E-state index contributed by atoms with van der Waals surface area (Å²) in [5.41, 5.74) is -2.33. The maximum absolute atomic E-state index is 15.0. The monoisotopic (exact) mass is 418 g/mol. The highest BCUT2D eigenvalue weighted by Gasteiger charge is 2.56. The second kappa shape index (κ2) is 7.74. The van der Waals surface area contributed by atoms with Crippen molar-refractivity contribution in [2.75, 3.05) is 6.61 Å². The molecule has 1 aliphatic carbocycles. The van der Waals surface area contributed by atoms with E-state index in [1.807, 2.05) is 27.7 Å². The Morgan fingerprint density at radius 2 is 1.73 bits per heavy atom. The van der Waals surface area contributed by atoms with E-state index < -0.39 is 35.7 Å². The van der Waals surface area contributed by atoms with Crippen molar-refractivity contribution in [3.8, 4) is 5.75 Å². The van der Waals surface area contributed by atoms with Crippen molar-refractivity contribution in [3.63, 3.8) is 0 Å². The molecule has 2 aliphatic rings. The average molecular weight is 418 g/mol. The van der Waals surface area contributed by atoms with E-state index in [1.54, 1.807) is 31.2 Å². The summed E-state index contributed by atoms with van der Waals surface area (Å²) < 4.78 is 37.8. The van der Waals surface area contributed by atoms with Crippen molar-refractivity contribution in [1.82, 2.24) is 0 Å². The number of allylic oxidation sites excluding steroid dienone is 2. The standard InChI is InChI=1S/C22H28BFO6/c1-7-27-18(25)12-14-10-8-9-11-16(14)28-22(6)17(24)13-15(19(22)26)23-29-20(2,3)21(4,5)30-23/h8-11,13,26H,7,12H2,1-6H3. The Balaban J connectivity index is 1.89. The quantitative estimate of drug-likeness (QED) is 0.550. The maximum Gasteiger partial charge on any atom is 0.498 e. The molecule has 1 heterocycles. The summed E-state index contributed by atoms with van der Waals surface area (Å²) in [6, 6.07) is 6.77. The fraction of sp³-hybridized carbons (Fsp3) is 0.500. The Hall–Kier alpha value is -2.32. The SMILES string of the molecule is CCOC(=O)Cc1ccccc1OC1(C)C(F)=CC(B2OC(C)(C)C(C)(C)O2)=C1O. The van der Waals surface area contributed by atoms with E-state index in [9.17, 15) is 9.90 Å². The highest BCUT2D eigenvalue weighted by molar-refractivity contribution is 6.56. The van der Waals surface area contributed by atoms with Gasteiger partial charge in [-0.25, -0.2) is 4.39 Å². The van der Waals surface area contributed by atoms with Crippen LogP contribution in [0.25, 0.3) is 0 Å². The molecule has 1 saturated heterocycles. The van der Waals surface area contributed by atoms with Crippen LogP contribution in [0.2, 0.25) is 0 Å². The van der Waals surface area contributed by atoms with Gasteiger partial charge in [0.15, 0.2) is 5.83 Å². The van der Waals surface area contributed by atoms with Crippen LogP contribution in [0.15, 0.2) is 47.4 Å². The molecule has 1 aromatic carbocycles. The minimum absolute atomic E-state index is 0.0278. The summed E-state index contributed by atoms with van der Waals surface area (Å²) in [5.74, 6) is -1.16. The van der Waals surface area contributed by atoms with Crippen LogP contribution >= 0.6 is 0 Å². The van der Waals surface area contributed by atoms with Gasteiger partial charge < -0.3 is 23.9 Å². The van der Waals surface area contributed by atoms with Gasteiger partial charge in [0.2, 0.25) is 5.60 Å². The predicted octanol–water partition coefficient (Wildman–Crippen LogP) is 4.24. The lowest BCUT2D eigenvalue weighted by Crippen LogP contribution is -2.41. The number of hydrogen-bond acceptors (Lipinski definition) is 6. The summed E-state index contributed by atoms with van der Waals surface area (Å²) in [6.45, 7) is 10.9.